The van der Waals surface area contributed by atoms with Gasteiger partial charge in [0, 0.05) is 29.6 Å². The predicted molar refractivity (Wildman–Crippen MR) is 128 cm³/mol. The Morgan fingerprint density at radius 2 is 1.76 bits per heavy atom. The van der Waals surface area contributed by atoms with Crippen molar-refractivity contribution in [2.45, 2.75) is 23.8 Å². The first-order valence-corrected chi connectivity index (χ1v) is 13.3. The molecule has 10 heteroatoms. The number of hydrogen-bond donors (Lipinski definition) is 1. The standard InChI is InChI=1S/C23H22ClN3O4S2/c24-17-6-2-15(3-7-17)20-21(16-4-9-19(10-5-16)33(25,29)30)32-22(26-20)23(28)27-11-14-1-8-18(12-27)31-13-14/h2-7,9-10,14,18H,1,8,11-13H2,(H2,25,29,30). The van der Waals surface area contributed by atoms with Gasteiger partial charge in [0.1, 0.15) is 0 Å². The van der Waals surface area contributed by atoms with Gasteiger partial charge in [-0.2, -0.15) is 0 Å². The number of rotatable bonds is 4. The summed E-state index contributed by atoms with van der Waals surface area (Å²) in [5.74, 6) is 0.249. The van der Waals surface area contributed by atoms with E-state index in [0.717, 1.165) is 28.8 Å². The zero-order valence-electron chi connectivity index (χ0n) is 17.6. The smallest absolute Gasteiger partial charge is 0.282 e. The van der Waals surface area contributed by atoms with E-state index >= 15 is 0 Å². The van der Waals surface area contributed by atoms with Crippen molar-refractivity contribution in [3.05, 3.63) is 58.6 Å². The molecule has 0 spiro atoms. The van der Waals surface area contributed by atoms with E-state index in [1.165, 1.54) is 23.5 Å². The van der Waals surface area contributed by atoms with Crippen LogP contribution in [0.25, 0.3) is 21.7 Å². The molecule has 3 aliphatic heterocycles. The Morgan fingerprint density at radius 3 is 2.39 bits per heavy atom. The van der Waals surface area contributed by atoms with E-state index in [-0.39, 0.29) is 16.9 Å². The molecule has 2 N–H and O–H groups in total. The highest BCUT2D eigenvalue weighted by Crippen LogP contribution is 2.38. The minimum Gasteiger partial charge on any atom is -0.376 e. The lowest BCUT2D eigenvalue weighted by Gasteiger charge is -2.22. The lowest BCUT2D eigenvalue weighted by molar-refractivity contribution is 0.00468. The Morgan fingerprint density at radius 1 is 1.06 bits per heavy atom. The molecule has 2 aromatic carbocycles. The third-order valence-electron chi connectivity index (χ3n) is 6.03. The van der Waals surface area contributed by atoms with Crippen LogP contribution in [0.2, 0.25) is 5.02 Å². The van der Waals surface area contributed by atoms with E-state index in [1.807, 2.05) is 17.0 Å². The van der Waals surface area contributed by atoms with Crippen LogP contribution in [0.4, 0.5) is 0 Å². The fourth-order valence-electron chi connectivity index (χ4n) is 4.29. The van der Waals surface area contributed by atoms with Crippen molar-refractivity contribution in [3.63, 3.8) is 0 Å². The Hall–Kier alpha value is -2.30. The molecular weight excluding hydrogens is 482 g/mol. The molecule has 1 amide bonds. The molecule has 3 aromatic rings. The average molecular weight is 504 g/mol. The summed E-state index contributed by atoms with van der Waals surface area (Å²) < 4.78 is 29.2. The largest absolute Gasteiger partial charge is 0.376 e. The van der Waals surface area contributed by atoms with Crippen LogP contribution in [0.15, 0.2) is 53.4 Å². The molecule has 1 aromatic heterocycles. The van der Waals surface area contributed by atoms with Gasteiger partial charge in [0.25, 0.3) is 5.91 Å². The maximum atomic E-state index is 13.4. The van der Waals surface area contributed by atoms with E-state index in [2.05, 4.69) is 0 Å². The molecule has 2 bridgehead atoms. The fraction of sp³-hybridized carbons (Fsp3) is 0.304. The third-order valence-corrected chi connectivity index (χ3v) is 8.30. The van der Waals surface area contributed by atoms with E-state index in [9.17, 15) is 13.2 Å². The van der Waals surface area contributed by atoms with Gasteiger partial charge in [-0.15, -0.1) is 11.3 Å². The molecule has 0 saturated carbocycles. The molecule has 3 saturated heterocycles. The van der Waals surface area contributed by atoms with Crippen molar-refractivity contribution in [1.82, 2.24) is 9.88 Å². The van der Waals surface area contributed by atoms with Gasteiger partial charge in [0.2, 0.25) is 10.0 Å². The average Bonchev–Trinajstić information content (AvgIpc) is 3.01. The van der Waals surface area contributed by atoms with Gasteiger partial charge in [0.15, 0.2) is 5.01 Å². The highest BCUT2D eigenvalue weighted by atomic mass is 35.5. The SMILES string of the molecule is NS(=O)(=O)c1ccc(-c2sc(C(=O)N3CC4CCC(C3)OC4)nc2-c2ccc(Cl)cc2)cc1. The number of amides is 1. The van der Waals surface area contributed by atoms with E-state index in [0.29, 0.717) is 41.3 Å². The summed E-state index contributed by atoms with van der Waals surface area (Å²) in [4.78, 5) is 20.8. The predicted octanol–water partition coefficient (Wildman–Crippen LogP) is 4.03. The molecule has 4 heterocycles. The first kappa shape index (κ1) is 22.5. The number of carbonyl (C=O) groups excluding carboxylic acids is 1. The van der Waals surface area contributed by atoms with Crippen LogP contribution >= 0.6 is 22.9 Å². The molecule has 0 aliphatic carbocycles. The van der Waals surface area contributed by atoms with Gasteiger partial charge in [-0.1, -0.05) is 35.9 Å². The molecular formula is C23H22ClN3O4S2. The van der Waals surface area contributed by atoms with Crippen LogP contribution in [0, 0.1) is 5.92 Å². The van der Waals surface area contributed by atoms with Crippen molar-refractivity contribution in [1.29, 1.82) is 0 Å². The highest BCUT2D eigenvalue weighted by molar-refractivity contribution is 7.89. The number of aromatic nitrogens is 1. The molecule has 7 nitrogen and oxygen atoms in total. The second-order valence-electron chi connectivity index (χ2n) is 8.38. The minimum absolute atomic E-state index is 0.0279. The summed E-state index contributed by atoms with van der Waals surface area (Å²) in [7, 11) is -3.80. The van der Waals surface area contributed by atoms with Gasteiger partial charge in [0.05, 0.1) is 28.2 Å². The number of hydrogen-bond acceptors (Lipinski definition) is 6. The number of nitrogens with zero attached hydrogens (tertiary/aromatic N) is 2. The van der Waals surface area contributed by atoms with Crippen LogP contribution < -0.4 is 5.14 Å². The van der Waals surface area contributed by atoms with Crippen LogP contribution in [0.5, 0.6) is 0 Å². The molecule has 3 aliphatic rings. The highest BCUT2D eigenvalue weighted by Gasteiger charge is 2.34. The van der Waals surface area contributed by atoms with Gasteiger partial charge < -0.3 is 9.64 Å². The Labute approximate surface area is 201 Å². The summed E-state index contributed by atoms with van der Waals surface area (Å²) in [6.45, 7) is 1.94. The topological polar surface area (TPSA) is 103 Å². The van der Waals surface area contributed by atoms with Crippen LogP contribution in [0.1, 0.15) is 22.6 Å². The van der Waals surface area contributed by atoms with Gasteiger partial charge in [-0.25, -0.2) is 18.5 Å². The molecule has 3 fully saturated rings. The van der Waals surface area contributed by atoms with Crippen molar-refractivity contribution >= 4 is 38.9 Å². The number of fused-ring (bicyclic) bond motifs is 4. The molecule has 33 heavy (non-hydrogen) atoms. The number of benzene rings is 2. The normalized spacial score (nSPS) is 20.6. The number of ether oxygens (including phenoxy) is 1. The second kappa shape index (κ2) is 8.81. The zero-order valence-corrected chi connectivity index (χ0v) is 20.0. The lowest BCUT2D eigenvalue weighted by atomic mass is 10.0. The van der Waals surface area contributed by atoms with Gasteiger partial charge in [-0.3, -0.25) is 4.79 Å². The van der Waals surface area contributed by atoms with Crippen LogP contribution in [-0.2, 0) is 14.8 Å². The Kier molecular flexibility index (Phi) is 6.00. The molecule has 6 rings (SSSR count). The first-order chi connectivity index (χ1) is 15.8. The first-order valence-electron chi connectivity index (χ1n) is 10.6. The van der Waals surface area contributed by atoms with Crippen molar-refractivity contribution in [3.8, 4) is 21.7 Å². The van der Waals surface area contributed by atoms with Crippen LogP contribution in [0.3, 0.4) is 0 Å². The number of thiazole rings is 1. The number of nitrogens with two attached hydrogens (primary N) is 1. The summed E-state index contributed by atoms with van der Waals surface area (Å²) in [6, 6.07) is 13.5. The van der Waals surface area contributed by atoms with E-state index in [4.69, 9.17) is 26.5 Å². The summed E-state index contributed by atoms with van der Waals surface area (Å²) in [5.41, 5.74) is 2.22. The van der Waals surface area contributed by atoms with Crippen molar-refractivity contribution in [2.75, 3.05) is 19.7 Å². The Bertz CT molecular complexity index is 1270. The monoisotopic (exact) mass is 503 g/mol. The third kappa shape index (κ3) is 4.69. The molecule has 2 unspecified atom stereocenters. The van der Waals surface area contributed by atoms with Crippen LogP contribution in [-0.4, -0.2) is 50.0 Å². The lowest BCUT2D eigenvalue weighted by Crippen LogP contribution is -2.36. The van der Waals surface area contributed by atoms with Crippen molar-refractivity contribution < 1.29 is 17.9 Å². The van der Waals surface area contributed by atoms with E-state index < -0.39 is 10.0 Å². The zero-order chi connectivity index (χ0) is 23.2. The van der Waals surface area contributed by atoms with Crippen molar-refractivity contribution in [2.24, 2.45) is 11.1 Å². The second-order valence-corrected chi connectivity index (χ2v) is 11.4. The fourth-order valence-corrected chi connectivity index (χ4v) is 5.99. The van der Waals surface area contributed by atoms with E-state index in [1.54, 1.807) is 24.3 Å². The molecule has 0 radical (unpaired) electrons. The minimum atomic E-state index is -3.80. The summed E-state index contributed by atoms with van der Waals surface area (Å²) in [6.07, 6.45) is 2.13. The number of halogens is 1. The van der Waals surface area contributed by atoms with Gasteiger partial charge >= 0.3 is 0 Å². The number of sulfonamides is 1. The number of primary sulfonamides is 1. The number of carbonyl (C=O) groups is 1. The van der Waals surface area contributed by atoms with Gasteiger partial charge in [-0.05, 0) is 42.7 Å². The maximum Gasteiger partial charge on any atom is 0.282 e. The quantitative estimate of drug-likeness (QED) is 0.579. The molecule has 2 atom stereocenters. The maximum absolute atomic E-state index is 13.4. The summed E-state index contributed by atoms with van der Waals surface area (Å²) in [5, 5.41) is 6.23. The Balaban J connectivity index is 1.55. The molecule has 172 valence electrons. The summed E-state index contributed by atoms with van der Waals surface area (Å²) >= 11 is 7.36.